The number of carbonyl (C=O) groups excluding carboxylic acids is 1. The summed E-state index contributed by atoms with van der Waals surface area (Å²) in [5.41, 5.74) is 4.50. The Bertz CT molecular complexity index is 1680. The smallest absolute Gasteiger partial charge is 0.230 e. The molecular formula is C42H60N2O3SSi2. The summed E-state index contributed by atoms with van der Waals surface area (Å²) in [4.78, 5) is 21.3. The SMILES string of the molecule is COc1ccc(C2CCC(CN(C(=O)C3CCC(O[Si](C)(C)C(C)(C)C)CC3)c3cccc(C#Cc4ncc([Si](C)(C)C)s4)c3)CC2)cc1C. The molecule has 0 spiro atoms. The van der Waals surface area contributed by atoms with E-state index in [4.69, 9.17) is 9.16 Å². The first-order valence-corrected chi connectivity index (χ1v) is 26.0. The Hall–Kier alpha value is -2.71. The quantitative estimate of drug-likeness (QED) is 0.163. The molecule has 5 nitrogen and oxygen atoms in total. The topological polar surface area (TPSA) is 51.7 Å². The number of nitrogens with zero attached hydrogens (tertiary/aromatic N) is 2. The minimum atomic E-state index is -1.85. The third-order valence-corrected chi connectivity index (χ3v) is 20.5. The van der Waals surface area contributed by atoms with Gasteiger partial charge in [-0.3, -0.25) is 4.79 Å². The van der Waals surface area contributed by atoms with E-state index in [2.05, 4.69) is 125 Å². The van der Waals surface area contributed by atoms with Gasteiger partial charge in [0.1, 0.15) is 5.75 Å². The van der Waals surface area contributed by atoms with E-state index in [1.165, 1.54) is 15.6 Å². The van der Waals surface area contributed by atoms with Gasteiger partial charge in [-0.15, -0.1) is 11.3 Å². The number of hydrogen-bond donors (Lipinski definition) is 0. The molecule has 0 bridgehead atoms. The van der Waals surface area contributed by atoms with Crippen LogP contribution in [0.4, 0.5) is 5.69 Å². The van der Waals surface area contributed by atoms with Crippen molar-refractivity contribution in [3.8, 4) is 17.6 Å². The van der Waals surface area contributed by atoms with Gasteiger partial charge in [0.25, 0.3) is 0 Å². The van der Waals surface area contributed by atoms with Crippen LogP contribution in [0.5, 0.6) is 5.75 Å². The van der Waals surface area contributed by atoms with Crippen LogP contribution < -0.4 is 14.1 Å². The lowest BCUT2D eigenvalue weighted by Gasteiger charge is -2.41. The third kappa shape index (κ3) is 9.58. The lowest BCUT2D eigenvalue weighted by molar-refractivity contribution is -0.124. The molecule has 0 saturated heterocycles. The zero-order valence-corrected chi connectivity index (χ0v) is 35.1. The van der Waals surface area contributed by atoms with Crippen LogP contribution in [0.2, 0.25) is 37.8 Å². The van der Waals surface area contributed by atoms with Gasteiger partial charge < -0.3 is 14.1 Å². The van der Waals surface area contributed by atoms with Gasteiger partial charge >= 0.3 is 0 Å². The predicted molar refractivity (Wildman–Crippen MR) is 216 cm³/mol. The van der Waals surface area contributed by atoms with Gasteiger partial charge in [0.15, 0.2) is 13.3 Å². The molecule has 2 saturated carbocycles. The third-order valence-electron chi connectivity index (χ3n) is 11.5. The predicted octanol–water partition coefficient (Wildman–Crippen LogP) is 10.3. The van der Waals surface area contributed by atoms with Gasteiger partial charge in [-0.05, 0) is 130 Å². The van der Waals surface area contributed by atoms with Gasteiger partial charge in [0.2, 0.25) is 5.91 Å². The number of hydrogen-bond acceptors (Lipinski definition) is 5. The molecule has 0 radical (unpaired) electrons. The van der Waals surface area contributed by atoms with E-state index in [1.807, 2.05) is 6.20 Å². The maximum atomic E-state index is 14.5. The Morgan fingerprint density at radius 3 is 2.24 bits per heavy atom. The minimum Gasteiger partial charge on any atom is -0.496 e. The highest BCUT2D eigenvalue weighted by molar-refractivity contribution is 7.26. The second kappa shape index (κ2) is 15.9. The molecule has 8 heteroatoms. The molecule has 50 heavy (non-hydrogen) atoms. The average molecular weight is 729 g/mol. The first kappa shape index (κ1) is 38.5. The largest absolute Gasteiger partial charge is 0.496 e. The van der Waals surface area contributed by atoms with E-state index in [9.17, 15) is 4.79 Å². The number of anilines is 1. The lowest BCUT2D eigenvalue weighted by Crippen LogP contribution is -2.46. The standard InChI is InChI=1S/C42H60N2O3SSi2/c1-30-26-35(21-24-38(30)46-5)33-17-14-32(15-18-33)29-44(41(45)34-19-22-37(23-20-34)47-50(9,10)42(2,3)4)36-13-11-12-31(27-36)16-25-39-43-28-40(48-39)49(6,7)8/h11-13,21,24,26-28,32-34,37H,14-15,17-20,22-23,29H2,1-10H3. The first-order chi connectivity index (χ1) is 23.5. The summed E-state index contributed by atoms with van der Waals surface area (Å²) in [5, 5.41) is 1.05. The summed E-state index contributed by atoms with van der Waals surface area (Å²) in [6.07, 6.45) is 10.5. The zero-order valence-electron chi connectivity index (χ0n) is 32.3. The highest BCUT2D eigenvalue weighted by atomic mass is 32.1. The Morgan fingerprint density at radius 2 is 1.64 bits per heavy atom. The molecule has 1 amide bonds. The van der Waals surface area contributed by atoms with Gasteiger partial charge in [-0.2, -0.15) is 0 Å². The number of carbonyl (C=O) groups is 1. The van der Waals surface area contributed by atoms with Crippen molar-refractivity contribution >= 4 is 43.8 Å². The molecule has 0 atom stereocenters. The molecule has 0 unspecified atom stereocenters. The summed E-state index contributed by atoms with van der Waals surface area (Å²) in [7, 11) is -1.53. The average Bonchev–Trinajstić information content (AvgIpc) is 3.56. The van der Waals surface area contributed by atoms with Crippen molar-refractivity contribution in [2.24, 2.45) is 11.8 Å². The Labute approximate surface area is 308 Å². The zero-order chi connectivity index (χ0) is 36.3. The molecule has 1 aromatic heterocycles. The van der Waals surface area contributed by atoms with E-state index < -0.39 is 16.4 Å². The molecule has 5 rings (SSSR count). The Kier molecular flexibility index (Phi) is 12.2. The van der Waals surface area contributed by atoms with Crippen molar-refractivity contribution in [2.45, 2.75) is 129 Å². The van der Waals surface area contributed by atoms with Crippen molar-refractivity contribution in [2.75, 3.05) is 18.6 Å². The fraction of sp³-hybridized carbons (Fsp3) is 0.571. The molecule has 1 heterocycles. The number of thiazole rings is 1. The van der Waals surface area contributed by atoms with Crippen molar-refractivity contribution in [3.63, 3.8) is 0 Å². The number of aromatic nitrogens is 1. The summed E-state index contributed by atoms with van der Waals surface area (Å²) < 4.78 is 13.7. The number of ether oxygens (including phenoxy) is 1. The van der Waals surface area contributed by atoms with Gasteiger partial charge in [0, 0.05) is 40.5 Å². The maximum Gasteiger partial charge on any atom is 0.230 e. The Morgan fingerprint density at radius 1 is 0.940 bits per heavy atom. The molecule has 270 valence electrons. The van der Waals surface area contributed by atoms with Crippen molar-refractivity contribution in [3.05, 3.63) is 70.4 Å². The molecule has 3 aromatic rings. The van der Waals surface area contributed by atoms with Crippen LogP contribution >= 0.6 is 11.3 Å². The van der Waals surface area contributed by atoms with E-state index in [-0.39, 0.29) is 23.0 Å². The van der Waals surface area contributed by atoms with Crippen LogP contribution in [0.3, 0.4) is 0 Å². The number of aryl methyl sites for hydroxylation is 1. The summed E-state index contributed by atoms with van der Waals surface area (Å²) in [5.74, 6) is 8.97. The number of amides is 1. The highest BCUT2D eigenvalue weighted by Gasteiger charge is 2.41. The summed E-state index contributed by atoms with van der Waals surface area (Å²) in [6, 6.07) is 15.0. The maximum absolute atomic E-state index is 14.5. The van der Waals surface area contributed by atoms with Crippen molar-refractivity contribution in [1.29, 1.82) is 0 Å². The van der Waals surface area contributed by atoms with Gasteiger partial charge in [-0.25, -0.2) is 4.98 Å². The Balaban J connectivity index is 1.32. The van der Waals surface area contributed by atoms with E-state index in [0.29, 0.717) is 11.8 Å². The lowest BCUT2D eigenvalue weighted by atomic mass is 9.78. The summed E-state index contributed by atoms with van der Waals surface area (Å²) in [6.45, 7) is 21.5. The second-order valence-corrected chi connectivity index (χ2v) is 28.5. The van der Waals surface area contributed by atoms with E-state index in [0.717, 1.165) is 79.9 Å². The second-order valence-electron chi connectivity index (χ2n) is 17.3. The fourth-order valence-electron chi connectivity index (χ4n) is 7.21. The van der Waals surface area contributed by atoms with Gasteiger partial charge in [-0.1, -0.05) is 64.5 Å². The molecule has 2 fully saturated rings. The van der Waals surface area contributed by atoms with Crippen molar-refractivity contribution in [1.82, 2.24) is 4.98 Å². The normalized spacial score (nSPS) is 21.6. The molecule has 2 aromatic carbocycles. The molecule has 0 N–H and O–H groups in total. The molecule has 2 aliphatic carbocycles. The van der Waals surface area contributed by atoms with Crippen LogP contribution in [0.1, 0.15) is 99.8 Å². The number of rotatable bonds is 9. The van der Waals surface area contributed by atoms with Crippen molar-refractivity contribution < 1.29 is 14.0 Å². The highest BCUT2D eigenvalue weighted by Crippen LogP contribution is 2.41. The van der Waals surface area contributed by atoms with Crippen LogP contribution in [-0.2, 0) is 9.22 Å². The number of methoxy groups -OCH3 is 1. The minimum absolute atomic E-state index is 0.0259. The van der Waals surface area contributed by atoms with E-state index in [1.54, 1.807) is 18.4 Å². The molecular weight excluding hydrogens is 669 g/mol. The summed E-state index contributed by atoms with van der Waals surface area (Å²) >= 11 is 1.72. The van der Waals surface area contributed by atoms with Gasteiger partial charge in [0.05, 0.1) is 15.2 Å². The van der Waals surface area contributed by atoms with Crippen LogP contribution in [0.15, 0.2) is 48.7 Å². The fourth-order valence-corrected chi connectivity index (χ4v) is 11.1. The van der Waals surface area contributed by atoms with Crippen LogP contribution in [0.25, 0.3) is 0 Å². The molecule has 0 aliphatic heterocycles. The van der Waals surface area contributed by atoms with Crippen LogP contribution in [-0.4, -0.2) is 47.0 Å². The monoisotopic (exact) mass is 728 g/mol. The number of benzene rings is 2. The molecule has 2 aliphatic rings. The van der Waals surface area contributed by atoms with E-state index >= 15 is 0 Å². The van der Waals surface area contributed by atoms with Crippen LogP contribution in [0, 0.1) is 30.6 Å². The first-order valence-electron chi connectivity index (χ1n) is 18.8.